The van der Waals surface area contributed by atoms with E-state index in [1.807, 2.05) is 38.2 Å². The molecule has 0 aliphatic heterocycles. The summed E-state index contributed by atoms with van der Waals surface area (Å²) in [5.74, 6) is -0.290. The molecular weight excluding hydrogens is 362 g/mol. The lowest BCUT2D eigenvalue weighted by molar-refractivity contribution is 0.102. The maximum atomic E-state index is 12.7. The largest absolute Gasteiger partial charge is 0.317 e. The van der Waals surface area contributed by atoms with Crippen LogP contribution < -0.4 is 5.32 Å². The van der Waals surface area contributed by atoms with Crippen molar-refractivity contribution in [3.63, 3.8) is 0 Å². The van der Waals surface area contributed by atoms with Gasteiger partial charge in [0, 0.05) is 35.6 Å². The number of thiazole rings is 1. The second-order valence-corrected chi connectivity index (χ2v) is 7.02. The molecule has 1 amide bonds. The van der Waals surface area contributed by atoms with Crippen molar-refractivity contribution in [3.05, 3.63) is 54.1 Å². The fourth-order valence-corrected chi connectivity index (χ4v) is 3.29. The topological polar surface area (TPSA) is 101 Å². The van der Waals surface area contributed by atoms with E-state index in [0.29, 0.717) is 22.8 Å². The van der Waals surface area contributed by atoms with Crippen LogP contribution in [0, 0.1) is 0 Å². The Morgan fingerprint density at radius 1 is 1.33 bits per heavy atom. The number of H-pyrrole nitrogens is 1. The van der Waals surface area contributed by atoms with Gasteiger partial charge in [0.1, 0.15) is 16.4 Å². The van der Waals surface area contributed by atoms with Gasteiger partial charge in [0.15, 0.2) is 0 Å². The number of hydrogen-bond acceptors (Lipinski definition) is 6. The highest BCUT2D eigenvalue weighted by molar-refractivity contribution is 7.13. The van der Waals surface area contributed by atoms with Crippen LogP contribution in [0.2, 0.25) is 0 Å². The van der Waals surface area contributed by atoms with E-state index in [1.165, 1.54) is 11.3 Å². The molecule has 4 heterocycles. The molecule has 0 aliphatic rings. The standard InChI is InChI=1S/C18H17N7OS/c1-11(2)25-9-14(16(24-25)13-5-3-4-6-19-13)22-17(26)15-10-27-18(23-15)12-7-20-21-8-12/h3-11H,1-2H3,(H,20,21)(H,22,26). The Bertz CT molecular complexity index is 1050. The van der Waals surface area contributed by atoms with Crippen molar-refractivity contribution in [3.8, 4) is 22.0 Å². The molecule has 0 spiro atoms. The van der Waals surface area contributed by atoms with Crippen LogP contribution in [-0.2, 0) is 0 Å². The van der Waals surface area contributed by atoms with Crippen LogP contribution in [0.1, 0.15) is 30.4 Å². The van der Waals surface area contributed by atoms with E-state index in [4.69, 9.17) is 0 Å². The monoisotopic (exact) mass is 379 g/mol. The van der Waals surface area contributed by atoms with Gasteiger partial charge in [-0.25, -0.2) is 4.98 Å². The lowest BCUT2D eigenvalue weighted by Gasteiger charge is -2.03. The minimum atomic E-state index is -0.290. The number of pyridine rings is 1. The van der Waals surface area contributed by atoms with Gasteiger partial charge in [-0.15, -0.1) is 11.3 Å². The molecule has 0 atom stereocenters. The smallest absolute Gasteiger partial charge is 0.275 e. The zero-order valence-corrected chi connectivity index (χ0v) is 15.6. The first kappa shape index (κ1) is 17.1. The van der Waals surface area contributed by atoms with Crippen molar-refractivity contribution in [2.75, 3.05) is 5.32 Å². The van der Waals surface area contributed by atoms with Gasteiger partial charge < -0.3 is 5.32 Å². The SMILES string of the molecule is CC(C)n1cc(NC(=O)c2csc(-c3cn[nH]c3)n2)c(-c2ccccn2)n1. The minimum Gasteiger partial charge on any atom is -0.317 e. The Balaban J connectivity index is 1.63. The molecule has 27 heavy (non-hydrogen) atoms. The maximum absolute atomic E-state index is 12.7. The number of carbonyl (C=O) groups excluding carboxylic acids is 1. The van der Waals surface area contributed by atoms with Crippen LogP contribution >= 0.6 is 11.3 Å². The summed E-state index contributed by atoms with van der Waals surface area (Å²) < 4.78 is 1.80. The summed E-state index contributed by atoms with van der Waals surface area (Å²) in [5.41, 5.74) is 3.12. The van der Waals surface area contributed by atoms with Gasteiger partial charge in [0.05, 0.1) is 17.6 Å². The second-order valence-electron chi connectivity index (χ2n) is 6.16. The van der Waals surface area contributed by atoms with Gasteiger partial charge in [-0.1, -0.05) is 6.07 Å². The molecule has 0 aromatic carbocycles. The first-order valence-electron chi connectivity index (χ1n) is 8.38. The summed E-state index contributed by atoms with van der Waals surface area (Å²) >= 11 is 1.39. The van der Waals surface area contributed by atoms with Crippen molar-refractivity contribution in [1.82, 2.24) is 29.9 Å². The van der Waals surface area contributed by atoms with E-state index in [1.54, 1.807) is 28.7 Å². The Kier molecular flexibility index (Phi) is 4.51. The van der Waals surface area contributed by atoms with Crippen LogP contribution in [-0.4, -0.2) is 35.9 Å². The molecule has 4 aromatic rings. The zero-order valence-electron chi connectivity index (χ0n) is 14.7. The van der Waals surface area contributed by atoms with E-state index in [9.17, 15) is 4.79 Å². The molecule has 0 radical (unpaired) electrons. The molecule has 4 rings (SSSR count). The average molecular weight is 379 g/mol. The molecule has 0 fully saturated rings. The Hall–Kier alpha value is -3.33. The molecule has 0 bridgehead atoms. The van der Waals surface area contributed by atoms with Crippen molar-refractivity contribution >= 4 is 22.9 Å². The fraction of sp³-hybridized carbons (Fsp3) is 0.167. The highest BCUT2D eigenvalue weighted by Crippen LogP contribution is 2.28. The number of anilines is 1. The van der Waals surface area contributed by atoms with Crippen molar-refractivity contribution in [2.45, 2.75) is 19.9 Å². The molecule has 0 unspecified atom stereocenters. The second kappa shape index (κ2) is 7.12. The quantitative estimate of drug-likeness (QED) is 0.551. The highest BCUT2D eigenvalue weighted by Gasteiger charge is 2.18. The van der Waals surface area contributed by atoms with Crippen LogP contribution in [0.4, 0.5) is 5.69 Å². The molecule has 0 saturated heterocycles. The van der Waals surface area contributed by atoms with Crippen LogP contribution in [0.15, 0.2) is 48.4 Å². The summed E-state index contributed by atoms with van der Waals surface area (Å²) in [6.45, 7) is 4.05. The summed E-state index contributed by atoms with van der Waals surface area (Å²) in [6, 6.07) is 5.75. The Morgan fingerprint density at radius 3 is 2.93 bits per heavy atom. The summed E-state index contributed by atoms with van der Waals surface area (Å²) in [7, 11) is 0. The summed E-state index contributed by atoms with van der Waals surface area (Å²) in [6.07, 6.45) is 6.93. The minimum absolute atomic E-state index is 0.157. The predicted octanol–water partition coefficient (Wildman–Crippen LogP) is 3.62. The average Bonchev–Trinajstić information content (AvgIpc) is 3.42. The number of carbonyl (C=O) groups is 1. The first-order chi connectivity index (χ1) is 13.1. The van der Waals surface area contributed by atoms with Crippen LogP contribution in [0.3, 0.4) is 0 Å². The Labute approximate surface area is 159 Å². The lowest BCUT2D eigenvalue weighted by Crippen LogP contribution is -2.12. The summed E-state index contributed by atoms with van der Waals surface area (Å²) in [5, 5.41) is 16.6. The van der Waals surface area contributed by atoms with Gasteiger partial charge in [-0.3, -0.25) is 19.6 Å². The Morgan fingerprint density at radius 2 is 2.22 bits per heavy atom. The molecule has 2 N–H and O–H groups in total. The number of amides is 1. The van der Waals surface area contributed by atoms with E-state index in [2.05, 4.69) is 30.6 Å². The van der Waals surface area contributed by atoms with Gasteiger partial charge in [0.25, 0.3) is 5.91 Å². The highest BCUT2D eigenvalue weighted by atomic mass is 32.1. The molecule has 4 aromatic heterocycles. The zero-order chi connectivity index (χ0) is 18.8. The number of aromatic nitrogens is 6. The maximum Gasteiger partial charge on any atom is 0.275 e. The first-order valence-corrected chi connectivity index (χ1v) is 9.26. The van der Waals surface area contributed by atoms with Crippen LogP contribution in [0.5, 0.6) is 0 Å². The molecular formula is C18H17N7OS. The van der Waals surface area contributed by atoms with Gasteiger partial charge in [-0.2, -0.15) is 10.2 Å². The number of hydrogen-bond donors (Lipinski definition) is 2. The van der Waals surface area contributed by atoms with Crippen molar-refractivity contribution < 1.29 is 4.79 Å². The third-order valence-corrected chi connectivity index (χ3v) is 4.79. The van der Waals surface area contributed by atoms with E-state index < -0.39 is 0 Å². The third kappa shape index (κ3) is 3.49. The number of nitrogens with zero attached hydrogens (tertiary/aromatic N) is 5. The van der Waals surface area contributed by atoms with E-state index >= 15 is 0 Å². The van der Waals surface area contributed by atoms with Gasteiger partial charge >= 0.3 is 0 Å². The van der Waals surface area contributed by atoms with Crippen LogP contribution in [0.25, 0.3) is 22.0 Å². The lowest BCUT2D eigenvalue weighted by atomic mass is 10.2. The normalized spacial score (nSPS) is 11.1. The number of rotatable bonds is 5. The molecule has 0 aliphatic carbocycles. The molecule has 136 valence electrons. The molecule has 0 saturated carbocycles. The van der Waals surface area contributed by atoms with E-state index in [-0.39, 0.29) is 11.9 Å². The van der Waals surface area contributed by atoms with Gasteiger partial charge in [0.2, 0.25) is 0 Å². The summed E-state index contributed by atoms with van der Waals surface area (Å²) in [4.78, 5) is 21.5. The van der Waals surface area contributed by atoms with Gasteiger partial charge in [-0.05, 0) is 26.0 Å². The van der Waals surface area contributed by atoms with Crippen molar-refractivity contribution in [2.24, 2.45) is 0 Å². The third-order valence-electron chi connectivity index (χ3n) is 3.90. The predicted molar refractivity (Wildman–Crippen MR) is 103 cm³/mol. The number of nitrogens with one attached hydrogen (secondary N) is 2. The van der Waals surface area contributed by atoms with Crippen molar-refractivity contribution in [1.29, 1.82) is 0 Å². The fourth-order valence-electron chi connectivity index (χ4n) is 2.50. The molecule has 9 heteroatoms. The molecule has 8 nitrogen and oxygen atoms in total. The number of aromatic amines is 1. The van der Waals surface area contributed by atoms with E-state index in [0.717, 1.165) is 10.6 Å².